The average molecular weight is 412 g/mol. The number of benzene rings is 1. The molecule has 0 bridgehead atoms. The first-order valence-corrected chi connectivity index (χ1v) is 8.81. The largest absolute Gasteiger partial charge is 0.492 e. The van der Waals surface area contributed by atoms with Crippen LogP contribution in [0.15, 0.2) is 24.4 Å². The Balaban J connectivity index is 2.40. The number of nitrogens with zero attached hydrogens (tertiary/aromatic N) is 1. The molecule has 150 valence electrons. The van der Waals surface area contributed by atoms with E-state index in [1.807, 2.05) is 0 Å². The highest BCUT2D eigenvalue weighted by atomic mass is 35.5. The van der Waals surface area contributed by atoms with Crippen molar-refractivity contribution in [2.45, 2.75) is 20.4 Å². The highest BCUT2D eigenvalue weighted by Gasteiger charge is 2.23. The summed E-state index contributed by atoms with van der Waals surface area (Å²) in [6.45, 7) is 3.11. The number of methoxy groups -OCH3 is 1. The van der Waals surface area contributed by atoms with E-state index < -0.39 is 30.1 Å². The average Bonchev–Trinajstić information content (AvgIpc) is 3.06. The molecule has 0 amide bonds. The second kappa shape index (κ2) is 9.36. The van der Waals surface area contributed by atoms with Gasteiger partial charge in [-0.15, -0.1) is 0 Å². The second-order valence-corrected chi connectivity index (χ2v) is 5.96. The lowest BCUT2D eigenvalue weighted by Crippen LogP contribution is -2.17. The van der Waals surface area contributed by atoms with Crippen LogP contribution < -0.4 is 4.74 Å². The summed E-state index contributed by atoms with van der Waals surface area (Å²) in [5.41, 5.74) is -0.214. The van der Waals surface area contributed by atoms with Gasteiger partial charge in [-0.3, -0.25) is 4.79 Å². The van der Waals surface area contributed by atoms with E-state index in [-0.39, 0.29) is 40.8 Å². The van der Waals surface area contributed by atoms with Crippen molar-refractivity contribution in [3.05, 3.63) is 52.1 Å². The Labute approximate surface area is 165 Å². The number of hydrogen-bond acceptors (Lipinski definition) is 6. The summed E-state index contributed by atoms with van der Waals surface area (Å²) in [6, 6.07) is 3.83. The summed E-state index contributed by atoms with van der Waals surface area (Å²) in [7, 11) is 1.23. The Morgan fingerprint density at radius 3 is 2.36 bits per heavy atom. The van der Waals surface area contributed by atoms with E-state index in [1.54, 1.807) is 13.8 Å². The molecule has 0 aliphatic rings. The highest BCUT2D eigenvalue weighted by Crippen LogP contribution is 2.30. The number of rotatable bonds is 8. The minimum Gasteiger partial charge on any atom is -0.492 e. The third-order valence-corrected chi connectivity index (χ3v) is 4.06. The molecule has 0 saturated heterocycles. The number of ether oxygens (including phenoxy) is 3. The maximum atomic E-state index is 14.5. The number of aromatic nitrogens is 1. The van der Waals surface area contributed by atoms with Gasteiger partial charge in [-0.25, -0.2) is 14.0 Å². The molecule has 2 rings (SSSR count). The maximum absolute atomic E-state index is 14.5. The molecular weight excluding hydrogens is 393 g/mol. The van der Waals surface area contributed by atoms with Crippen molar-refractivity contribution in [1.82, 2.24) is 4.57 Å². The highest BCUT2D eigenvalue weighted by molar-refractivity contribution is 6.32. The minimum absolute atomic E-state index is 0.0225. The molecule has 0 unspecified atom stereocenters. The molecule has 0 aliphatic carbocycles. The normalized spacial score (nSPS) is 10.5. The van der Waals surface area contributed by atoms with Gasteiger partial charge < -0.3 is 18.8 Å². The van der Waals surface area contributed by atoms with E-state index in [0.29, 0.717) is 0 Å². The zero-order valence-corrected chi connectivity index (χ0v) is 16.3. The molecule has 1 aromatic heterocycles. The number of ketones is 1. The van der Waals surface area contributed by atoms with Crippen LogP contribution in [0.2, 0.25) is 5.02 Å². The molecule has 0 atom stereocenters. The smallest absolute Gasteiger partial charge is 0.354 e. The molecular formula is C19H19ClFNO6. The van der Waals surface area contributed by atoms with Gasteiger partial charge in [-0.2, -0.15) is 0 Å². The fourth-order valence-electron chi connectivity index (χ4n) is 2.52. The molecule has 28 heavy (non-hydrogen) atoms. The SMILES string of the molecule is CCOC(=O)c1cc(C(=O)OCC)n(CC(=O)c2ccc(Cl)c(OC)c2F)c1. The zero-order valence-electron chi connectivity index (χ0n) is 15.6. The van der Waals surface area contributed by atoms with E-state index >= 15 is 0 Å². The summed E-state index contributed by atoms with van der Waals surface area (Å²) in [5.74, 6) is -3.18. The number of carbonyl (C=O) groups excluding carboxylic acids is 3. The predicted octanol–water partition coefficient (Wildman–Crippen LogP) is 3.53. The van der Waals surface area contributed by atoms with Gasteiger partial charge in [0.05, 0.1) is 43.0 Å². The second-order valence-electron chi connectivity index (χ2n) is 5.55. The van der Waals surface area contributed by atoms with E-state index in [4.69, 9.17) is 25.8 Å². The van der Waals surface area contributed by atoms with E-state index in [0.717, 1.165) is 0 Å². The lowest BCUT2D eigenvalue weighted by molar-refractivity contribution is 0.0512. The van der Waals surface area contributed by atoms with Crippen molar-refractivity contribution >= 4 is 29.3 Å². The number of carbonyl (C=O) groups is 3. The summed E-state index contributed by atoms with van der Waals surface area (Å²) < 4.78 is 30.4. The van der Waals surface area contributed by atoms with Crippen LogP contribution in [0, 0.1) is 5.82 Å². The number of halogens is 2. The predicted molar refractivity (Wildman–Crippen MR) is 98.6 cm³/mol. The third-order valence-electron chi connectivity index (χ3n) is 3.76. The Hall–Kier alpha value is -2.87. The van der Waals surface area contributed by atoms with Crippen LogP contribution in [-0.2, 0) is 16.0 Å². The third kappa shape index (κ3) is 4.51. The molecule has 0 spiro atoms. The van der Waals surface area contributed by atoms with E-state index in [9.17, 15) is 18.8 Å². The van der Waals surface area contributed by atoms with Gasteiger partial charge in [-0.05, 0) is 32.0 Å². The van der Waals surface area contributed by atoms with Gasteiger partial charge in [0.15, 0.2) is 17.3 Å². The summed E-state index contributed by atoms with van der Waals surface area (Å²) in [6.07, 6.45) is 1.28. The standard InChI is InChI=1S/C19H19ClFNO6/c1-4-27-18(24)11-8-14(19(25)28-5-2)22(9-11)10-15(23)12-6-7-13(20)17(26-3)16(12)21/h6-9H,4-5,10H2,1-3H3. The molecule has 0 saturated carbocycles. The van der Waals surface area contributed by atoms with Crippen molar-refractivity contribution in [3.8, 4) is 5.75 Å². The van der Waals surface area contributed by atoms with Crippen LogP contribution >= 0.6 is 11.6 Å². The first-order valence-electron chi connectivity index (χ1n) is 8.43. The van der Waals surface area contributed by atoms with Gasteiger partial charge in [0.25, 0.3) is 0 Å². The maximum Gasteiger partial charge on any atom is 0.354 e. The van der Waals surface area contributed by atoms with Gasteiger partial charge >= 0.3 is 11.9 Å². The van der Waals surface area contributed by atoms with Crippen molar-refractivity contribution < 1.29 is 33.0 Å². The van der Waals surface area contributed by atoms with Crippen molar-refractivity contribution in [3.63, 3.8) is 0 Å². The van der Waals surface area contributed by atoms with Gasteiger partial charge in [0, 0.05) is 6.20 Å². The number of Topliss-reactive ketones (excluding diaryl/α,β-unsaturated/α-hetero) is 1. The first-order chi connectivity index (χ1) is 13.3. The molecule has 9 heteroatoms. The zero-order chi connectivity index (χ0) is 20.8. The van der Waals surface area contributed by atoms with Gasteiger partial charge in [-0.1, -0.05) is 11.6 Å². The van der Waals surface area contributed by atoms with Crippen LogP contribution in [0.4, 0.5) is 4.39 Å². The molecule has 0 radical (unpaired) electrons. The number of esters is 2. The molecule has 0 aliphatic heterocycles. The molecule has 0 fully saturated rings. The first kappa shape index (κ1) is 21.4. The van der Waals surface area contributed by atoms with Crippen LogP contribution in [0.1, 0.15) is 45.1 Å². The topological polar surface area (TPSA) is 83.8 Å². The lowest BCUT2D eigenvalue weighted by atomic mass is 10.1. The molecule has 7 nitrogen and oxygen atoms in total. The molecule has 0 N–H and O–H groups in total. The summed E-state index contributed by atoms with van der Waals surface area (Å²) in [4.78, 5) is 36.8. The molecule has 1 aromatic carbocycles. The van der Waals surface area contributed by atoms with E-state index in [2.05, 4.69) is 0 Å². The van der Waals surface area contributed by atoms with Crippen molar-refractivity contribution in [2.75, 3.05) is 20.3 Å². The lowest BCUT2D eigenvalue weighted by Gasteiger charge is -2.11. The Kier molecular flexibility index (Phi) is 7.17. The van der Waals surface area contributed by atoms with E-state index in [1.165, 1.54) is 36.1 Å². The molecule has 2 aromatic rings. The van der Waals surface area contributed by atoms with Crippen LogP contribution in [0.5, 0.6) is 5.75 Å². The van der Waals surface area contributed by atoms with Gasteiger partial charge in [0.1, 0.15) is 5.69 Å². The van der Waals surface area contributed by atoms with Gasteiger partial charge in [0.2, 0.25) is 0 Å². The summed E-state index contributed by atoms with van der Waals surface area (Å²) in [5, 5.41) is 0.0225. The Morgan fingerprint density at radius 1 is 1.11 bits per heavy atom. The Bertz CT molecular complexity index is 908. The number of hydrogen-bond donors (Lipinski definition) is 0. The quantitative estimate of drug-likeness (QED) is 0.488. The van der Waals surface area contributed by atoms with Crippen molar-refractivity contribution in [2.24, 2.45) is 0 Å². The van der Waals surface area contributed by atoms with Crippen LogP contribution in [0.25, 0.3) is 0 Å². The minimum atomic E-state index is -0.907. The Morgan fingerprint density at radius 2 is 1.75 bits per heavy atom. The fraction of sp³-hybridized carbons (Fsp3) is 0.316. The van der Waals surface area contributed by atoms with Crippen LogP contribution in [0.3, 0.4) is 0 Å². The molecule has 1 heterocycles. The summed E-state index contributed by atoms with van der Waals surface area (Å²) >= 11 is 5.84. The van der Waals surface area contributed by atoms with Crippen LogP contribution in [-0.4, -0.2) is 42.6 Å². The fourth-order valence-corrected chi connectivity index (χ4v) is 2.74. The monoisotopic (exact) mass is 411 g/mol. The van der Waals surface area contributed by atoms with Crippen molar-refractivity contribution in [1.29, 1.82) is 0 Å².